The average molecular weight is 452 g/mol. The fourth-order valence-electron chi connectivity index (χ4n) is 3.21. The second-order valence-electron chi connectivity index (χ2n) is 6.77. The molecule has 30 heavy (non-hydrogen) atoms. The van der Waals surface area contributed by atoms with Crippen molar-refractivity contribution in [1.29, 1.82) is 0 Å². The van der Waals surface area contributed by atoms with E-state index in [9.17, 15) is 24.5 Å². The van der Waals surface area contributed by atoms with Crippen LogP contribution in [0.4, 0.5) is 10.5 Å². The number of imide groups is 1. The summed E-state index contributed by atoms with van der Waals surface area (Å²) in [5.41, 5.74) is 0.268. The molecule has 2 heterocycles. The molecule has 1 aromatic rings. The third-order valence-electron chi connectivity index (χ3n) is 4.70. The van der Waals surface area contributed by atoms with Crippen LogP contribution in [0.3, 0.4) is 0 Å². The molecule has 2 fully saturated rings. The molecule has 3 rings (SSSR count). The summed E-state index contributed by atoms with van der Waals surface area (Å²) >= 11 is 1.88. The van der Waals surface area contributed by atoms with E-state index in [0.717, 1.165) is 47.7 Å². The third kappa shape index (κ3) is 5.21. The lowest BCUT2D eigenvalue weighted by molar-refractivity contribution is -0.387. The zero-order chi connectivity index (χ0) is 21.7. The SMILES string of the molecule is O=C(CN1C(=O)S/C(=C\c2ccc(SCCO)c([N+](=O)[O-])c2)C1=O)N1CCCCC1. The number of hydrogen-bond donors (Lipinski definition) is 1. The normalized spacial score (nSPS) is 18.4. The highest BCUT2D eigenvalue weighted by Gasteiger charge is 2.37. The van der Waals surface area contributed by atoms with Gasteiger partial charge in [-0.05, 0) is 48.7 Å². The Morgan fingerprint density at radius 1 is 1.27 bits per heavy atom. The summed E-state index contributed by atoms with van der Waals surface area (Å²) < 4.78 is 0. The van der Waals surface area contributed by atoms with Crippen LogP contribution in [-0.4, -0.2) is 68.9 Å². The highest BCUT2D eigenvalue weighted by atomic mass is 32.2. The van der Waals surface area contributed by atoms with Crippen molar-refractivity contribution in [2.75, 3.05) is 32.0 Å². The van der Waals surface area contributed by atoms with Crippen LogP contribution in [0.25, 0.3) is 6.08 Å². The number of amides is 3. The van der Waals surface area contributed by atoms with Gasteiger partial charge in [-0.1, -0.05) is 6.07 Å². The Hall–Kier alpha value is -2.37. The average Bonchev–Trinajstić information content (AvgIpc) is 3.00. The Morgan fingerprint density at radius 3 is 2.67 bits per heavy atom. The van der Waals surface area contributed by atoms with Gasteiger partial charge >= 0.3 is 0 Å². The maximum absolute atomic E-state index is 12.6. The Morgan fingerprint density at radius 2 is 2.00 bits per heavy atom. The molecule has 9 nitrogen and oxygen atoms in total. The van der Waals surface area contributed by atoms with Crippen LogP contribution in [-0.2, 0) is 9.59 Å². The van der Waals surface area contributed by atoms with Crippen LogP contribution in [0.2, 0.25) is 0 Å². The zero-order valence-electron chi connectivity index (χ0n) is 16.1. The molecule has 0 atom stereocenters. The quantitative estimate of drug-likeness (QED) is 0.291. The van der Waals surface area contributed by atoms with Crippen LogP contribution in [0, 0.1) is 10.1 Å². The number of carbonyl (C=O) groups is 3. The zero-order valence-corrected chi connectivity index (χ0v) is 17.7. The first-order chi connectivity index (χ1) is 14.4. The van der Waals surface area contributed by atoms with Gasteiger partial charge in [0, 0.05) is 24.9 Å². The molecule has 0 aromatic heterocycles. The van der Waals surface area contributed by atoms with E-state index in [2.05, 4.69) is 0 Å². The van der Waals surface area contributed by atoms with Crippen LogP contribution >= 0.6 is 23.5 Å². The van der Waals surface area contributed by atoms with Crippen LogP contribution < -0.4 is 0 Å². The van der Waals surface area contributed by atoms with Gasteiger partial charge in [-0.3, -0.25) is 29.4 Å². The highest BCUT2D eigenvalue weighted by molar-refractivity contribution is 8.18. The summed E-state index contributed by atoms with van der Waals surface area (Å²) in [6.07, 6.45) is 4.32. The molecule has 160 valence electrons. The predicted octanol–water partition coefficient (Wildman–Crippen LogP) is 2.73. The Balaban J connectivity index is 1.75. The first kappa shape index (κ1) is 22.3. The molecule has 0 spiro atoms. The Kier molecular flexibility index (Phi) is 7.51. The van der Waals surface area contributed by atoms with Crippen molar-refractivity contribution >= 4 is 52.3 Å². The largest absolute Gasteiger partial charge is 0.396 e. The van der Waals surface area contributed by atoms with Crippen molar-refractivity contribution in [3.05, 3.63) is 38.8 Å². The molecule has 11 heteroatoms. The van der Waals surface area contributed by atoms with E-state index in [1.807, 2.05) is 0 Å². The number of hydrogen-bond acceptors (Lipinski definition) is 8. The molecule has 2 aliphatic rings. The molecule has 0 bridgehead atoms. The number of nitro groups is 1. The number of aliphatic hydroxyl groups excluding tert-OH is 1. The van der Waals surface area contributed by atoms with Gasteiger partial charge in [-0.25, -0.2) is 0 Å². The number of likely N-dealkylation sites (tertiary alicyclic amines) is 1. The standard InChI is InChI=1S/C19H21N3O6S2/c23-8-9-29-15-5-4-13(10-14(15)22(27)28)11-16-18(25)21(19(26)30-16)12-17(24)20-6-2-1-3-7-20/h4-5,10-11,23H,1-3,6-9,12H2/b16-11-. The highest BCUT2D eigenvalue weighted by Crippen LogP contribution is 2.35. The molecule has 1 aromatic carbocycles. The molecular formula is C19H21N3O6S2. The van der Waals surface area contributed by atoms with Crippen LogP contribution in [0.5, 0.6) is 0 Å². The molecule has 0 unspecified atom stereocenters. The first-order valence-electron chi connectivity index (χ1n) is 9.46. The predicted molar refractivity (Wildman–Crippen MR) is 114 cm³/mol. The van der Waals surface area contributed by atoms with Gasteiger partial charge < -0.3 is 10.0 Å². The summed E-state index contributed by atoms with van der Waals surface area (Å²) in [7, 11) is 0. The van der Waals surface area contributed by atoms with Gasteiger partial charge in [0.05, 0.1) is 21.3 Å². The van der Waals surface area contributed by atoms with Crippen LogP contribution in [0.15, 0.2) is 28.0 Å². The second-order valence-corrected chi connectivity index (χ2v) is 8.90. The van der Waals surface area contributed by atoms with E-state index in [4.69, 9.17) is 5.11 Å². The van der Waals surface area contributed by atoms with Crippen molar-refractivity contribution in [3.8, 4) is 0 Å². The second kappa shape index (κ2) is 10.1. The topological polar surface area (TPSA) is 121 Å². The van der Waals surface area contributed by atoms with E-state index in [-0.39, 0.29) is 29.7 Å². The fraction of sp³-hybridized carbons (Fsp3) is 0.421. The first-order valence-corrected chi connectivity index (χ1v) is 11.3. The minimum Gasteiger partial charge on any atom is -0.396 e. The molecule has 0 aliphatic carbocycles. The molecular weight excluding hydrogens is 430 g/mol. The molecule has 3 amide bonds. The monoisotopic (exact) mass is 451 g/mol. The number of carbonyl (C=O) groups excluding carboxylic acids is 3. The van der Waals surface area contributed by atoms with Gasteiger partial charge in [0.2, 0.25) is 5.91 Å². The molecule has 0 radical (unpaired) electrons. The van der Waals surface area contributed by atoms with Gasteiger partial charge in [0.1, 0.15) is 6.54 Å². The van der Waals surface area contributed by atoms with Gasteiger partial charge in [-0.2, -0.15) is 0 Å². The van der Waals surface area contributed by atoms with Crippen molar-refractivity contribution in [3.63, 3.8) is 0 Å². The van der Waals surface area contributed by atoms with Crippen molar-refractivity contribution in [2.45, 2.75) is 24.2 Å². The summed E-state index contributed by atoms with van der Waals surface area (Å²) in [4.78, 5) is 51.3. The number of nitrogens with zero attached hydrogens (tertiary/aromatic N) is 3. The van der Waals surface area contributed by atoms with E-state index in [0.29, 0.717) is 29.3 Å². The summed E-state index contributed by atoms with van der Waals surface area (Å²) in [6.45, 7) is 0.871. The number of thioether (sulfide) groups is 2. The molecule has 0 saturated carbocycles. The Bertz CT molecular complexity index is 898. The maximum atomic E-state index is 12.6. The molecule has 2 aliphatic heterocycles. The van der Waals surface area contributed by atoms with E-state index >= 15 is 0 Å². The number of nitro benzene ring substituents is 1. The number of piperidine rings is 1. The maximum Gasteiger partial charge on any atom is 0.294 e. The van der Waals surface area contributed by atoms with Crippen molar-refractivity contribution < 1.29 is 24.4 Å². The van der Waals surface area contributed by atoms with Crippen molar-refractivity contribution in [1.82, 2.24) is 9.80 Å². The molecule has 2 saturated heterocycles. The fourth-order valence-corrected chi connectivity index (χ4v) is 4.81. The van der Waals surface area contributed by atoms with E-state index < -0.39 is 16.1 Å². The van der Waals surface area contributed by atoms with E-state index in [1.54, 1.807) is 17.0 Å². The number of benzene rings is 1. The number of rotatable bonds is 7. The smallest absolute Gasteiger partial charge is 0.294 e. The van der Waals surface area contributed by atoms with Gasteiger partial charge in [0.15, 0.2) is 0 Å². The summed E-state index contributed by atoms with van der Waals surface area (Å²) in [6, 6.07) is 4.49. The number of aliphatic hydroxyl groups is 1. The summed E-state index contributed by atoms with van der Waals surface area (Å²) in [5, 5.41) is 19.7. The lowest BCUT2D eigenvalue weighted by Gasteiger charge is -2.27. The van der Waals surface area contributed by atoms with Gasteiger partial charge in [-0.15, -0.1) is 11.8 Å². The third-order valence-corrected chi connectivity index (χ3v) is 6.65. The molecule has 1 N–H and O–H groups in total. The lowest BCUT2D eigenvalue weighted by atomic mass is 10.1. The summed E-state index contributed by atoms with van der Waals surface area (Å²) in [5.74, 6) is -0.500. The van der Waals surface area contributed by atoms with Gasteiger partial charge in [0.25, 0.3) is 16.8 Å². The lowest BCUT2D eigenvalue weighted by Crippen LogP contribution is -2.44. The van der Waals surface area contributed by atoms with Crippen molar-refractivity contribution in [2.24, 2.45) is 0 Å². The van der Waals surface area contributed by atoms with E-state index in [1.165, 1.54) is 12.1 Å². The Labute approximate surface area is 181 Å². The van der Waals surface area contributed by atoms with Crippen LogP contribution in [0.1, 0.15) is 24.8 Å². The minimum atomic E-state index is -0.572. The minimum absolute atomic E-state index is 0.104.